The molecule has 0 N–H and O–H groups in total. The molecule has 0 saturated heterocycles. The van der Waals surface area contributed by atoms with Gasteiger partial charge in [-0.15, -0.1) is 0 Å². The maximum Gasteiger partial charge on any atom is 0.184 e. The van der Waals surface area contributed by atoms with Crippen molar-refractivity contribution in [2.24, 2.45) is 0 Å². The second kappa shape index (κ2) is 7.57. The zero-order chi connectivity index (χ0) is 21.6. The third kappa shape index (κ3) is 3.24. The number of fused-ring (bicyclic) bond motifs is 5. The molecule has 4 nitrogen and oxygen atoms in total. The van der Waals surface area contributed by atoms with Gasteiger partial charge in [-0.25, -0.2) is 8.42 Å². The molecular weight excluding hydrogens is 408 g/mol. The maximum atomic E-state index is 13.5. The molecule has 0 aromatic heterocycles. The molecule has 3 aromatic carbocycles. The number of hydrogen-bond donors (Lipinski definition) is 0. The summed E-state index contributed by atoms with van der Waals surface area (Å²) in [7, 11) is -0.506. The van der Waals surface area contributed by atoms with E-state index in [4.69, 9.17) is 9.47 Å². The van der Waals surface area contributed by atoms with Crippen molar-refractivity contribution < 1.29 is 17.9 Å². The molecule has 158 valence electrons. The summed E-state index contributed by atoms with van der Waals surface area (Å²) in [5, 5.41) is 1.64. The Morgan fingerprint density at radius 3 is 2.45 bits per heavy atom. The van der Waals surface area contributed by atoms with E-state index in [1.165, 1.54) is 36.5 Å². The molecular formula is C26H24O4S. The first-order chi connectivity index (χ1) is 15.0. The van der Waals surface area contributed by atoms with Gasteiger partial charge in [-0.2, -0.15) is 0 Å². The summed E-state index contributed by atoms with van der Waals surface area (Å²) in [6.07, 6.45) is 6.36. The summed E-state index contributed by atoms with van der Waals surface area (Å²) in [5.41, 5.74) is 4.94. The van der Waals surface area contributed by atoms with Crippen LogP contribution in [0.25, 0.3) is 23.3 Å². The highest BCUT2D eigenvalue weighted by Gasteiger charge is 2.29. The number of rotatable bonds is 4. The normalized spacial score (nSPS) is 16.8. The van der Waals surface area contributed by atoms with Crippen LogP contribution in [0.3, 0.4) is 0 Å². The fourth-order valence-corrected chi connectivity index (χ4v) is 6.33. The quantitative estimate of drug-likeness (QED) is 0.635. The molecule has 0 spiro atoms. The first kappa shape index (κ1) is 19.9. The summed E-state index contributed by atoms with van der Waals surface area (Å²) in [4.78, 5) is 0.258. The van der Waals surface area contributed by atoms with Gasteiger partial charge >= 0.3 is 0 Å². The molecule has 3 aromatic rings. The molecule has 5 heteroatoms. The van der Waals surface area contributed by atoms with E-state index in [1.807, 2.05) is 6.08 Å². The Balaban J connectivity index is 1.63. The number of ether oxygens (including phenoxy) is 2. The predicted molar refractivity (Wildman–Crippen MR) is 123 cm³/mol. The first-order valence-corrected chi connectivity index (χ1v) is 12.0. The van der Waals surface area contributed by atoms with Gasteiger partial charge in [-0.3, -0.25) is 0 Å². The molecule has 0 aliphatic heterocycles. The van der Waals surface area contributed by atoms with Gasteiger partial charge in [0, 0.05) is 6.07 Å². The lowest BCUT2D eigenvalue weighted by Crippen LogP contribution is -2.38. The molecule has 0 fully saturated rings. The average Bonchev–Trinajstić information content (AvgIpc) is 2.82. The Morgan fingerprint density at radius 2 is 1.65 bits per heavy atom. The van der Waals surface area contributed by atoms with E-state index in [0.717, 1.165) is 23.3 Å². The van der Waals surface area contributed by atoms with E-state index in [9.17, 15) is 8.42 Å². The number of methoxy groups -OCH3 is 2. The van der Waals surface area contributed by atoms with E-state index < -0.39 is 15.1 Å². The summed E-state index contributed by atoms with van der Waals surface area (Å²) >= 11 is 0. The van der Waals surface area contributed by atoms with E-state index >= 15 is 0 Å². The van der Waals surface area contributed by atoms with Gasteiger partial charge in [0.1, 0.15) is 0 Å². The fraction of sp³-hybridized carbons (Fsp3) is 0.231. The Bertz CT molecular complexity index is 1400. The lowest BCUT2D eigenvalue weighted by molar-refractivity contribution is 0.354. The lowest BCUT2D eigenvalue weighted by atomic mass is 9.87. The van der Waals surface area contributed by atoms with Crippen molar-refractivity contribution >= 4 is 22.0 Å². The Hall–Kier alpha value is -3.05. The van der Waals surface area contributed by atoms with E-state index in [2.05, 4.69) is 42.5 Å². The lowest BCUT2D eigenvalue weighted by Gasteiger charge is -2.22. The summed E-state index contributed by atoms with van der Waals surface area (Å²) < 4.78 is 37.6. The van der Waals surface area contributed by atoms with Crippen LogP contribution in [0.4, 0.5) is 0 Å². The third-order valence-electron chi connectivity index (χ3n) is 6.34. The van der Waals surface area contributed by atoms with Crippen LogP contribution < -0.4 is 19.9 Å². The average molecular weight is 433 g/mol. The van der Waals surface area contributed by atoms with Crippen LogP contribution in [0.5, 0.6) is 11.5 Å². The zero-order valence-electron chi connectivity index (χ0n) is 17.6. The molecule has 1 atom stereocenters. The summed E-state index contributed by atoms with van der Waals surface area (Å²) in [5.74, 6) is 0.934. The largest absolute Gasteiger partial charge is 0.493 e. The standard InChI is InChI=1S/C26H24O4S/c1-29-25-14-11-20(16-26(25)30-2)31(27,28)19-10-7-18-9-12-22-21-6-4-3-5-17(21)8-13-23(22)24(18)15-19/h3-6,9,11-16,19H,7-8,10H2,1-2H3. The van der Waals surface area contributed by atoms with Crippen LogP contribution in [0.2, 0.25) is 0 Å². The third-order valence-corrected chi connectivity index (χ3v) is 8.42. The van der Waals surface area contributed by atoms with Crippen LogP contribution in [0.1, 0.15) is 17.5 Å². The summed E-state index contributed by atoms with van der Waals surface area (Å²) in [6, 6.07) is 17.6. The van der Waals surface area contributed by atoms with Gasteiger partial charge in [0.15, 0.2) is 21.3 Å². The molecule has 2 aliphatic carbocycles. The van der Waals surface area contributed by atoms with Gasteiger partial charge in [-0.05, 0) is 64.1 Å². The number of benzene rings is 3. The maximum absolute atomic E-state index is 13.5. The highest BCUT2D eigenvalue weighted by Crippen LogP contribution is 2.32. The summed E-state index contributed by atoms with van der Waals surface area (Å²) in [6.45, 7) is 0. The molecule has 0 heterocycles. The van der Waals surface area contributed by atoms with Crippen molar-refractivity contribution in [3.8, 4) is 22.6 Å². The van der Waals surface area contributed by atoms with Crippen molar-refractivity contribution in [3.05, 3.63) is 76.2 Å². The van der Waals surface area contributed by atoms with E-state index in [0.29, 0.717) is 17.9 Å². The SMILES string of the molecule is COc1ccc(S(=O)(=O)C2C=c3c(ccc4c3=CCc3ccccc3-4)CC2)cc1OC. The smallest absolute Gasteiger partial charge is 0.184 e. The molecule has 0 radical (unpaired) electrons. The van der Waals surface area contributed by atoms with Gasteiger partial charge in [-0.1, -0.05) is 48.6 Å². The van der Waals surface area contributed by atoms with Gasteiger partial charge < -0.3 is 9.47 Å². The molecule has 0 saturated carbocycles. The van der Waals surface area contributed by atoms with Crippen LogP contribution in [-0.2, 0) is 22.7 Å². The Morgan fingerprint density at radius 1 is 0.839 bits per heavy atom. The predicted octanol–water partition coefficient (Wildman–Crippen LogP) is 3.28. The zero-order valence-corrected chi connectivity index (χ0v) is 18.4. The van der Waals surface area contributed by atoms with E-state index in [1.54, 1.807) is 18.2 Å². The highest BCUT2D eigenvalue weighted by atomic mass is 32.2. The molecule has 0 amide bonds. The van der Waals surface area contributed by atoms with Crippen LogP contribution >= 0.6 is 0 Å². The molecule has 31 heavy (non-hydrogen) atoms. The van der Waals surface area contributed by atoms with Gasteiger partial charge in [0.2, 0.25) is 0 Å². The minimum Gasteiger partial charge on any atom is -0.493 e. The van der Waals surface area contributed by atoms with Crippen molar-refractivity contribution in [2.75, 3.05) is 14.2 Å². The van der Waals surface area contributed by atoms with Crippen LogP contribution in [-0.4, -0.2) is 27.9 Å². The molecule has 0 bridgehead atoms. The van der Waals surface area contributed by atoms with Crippen molar-refractivity contribution in [3.63, 3.8) is 0 Å². The topological polar surface area (TPSA) is 52.6 Å². The van der Waals surface area contributed by atoms with Gasteiger partial charge in [0.25, 0.3) is 0 Å². The van der Waals surface area contributed by atoms with Crippen LogP contribution in [0.15, 0.2) is 59.5 Å². The molecule has 2 aliphatic rings. The van der Waals surface area contributed by atoms with Crippen molar-refractivity contribution in [2.45, 2.75) is 29.4 Å². The Labute approximate surface area is 182 Å². The monoisotopic (exact) mass is 432 g/mol. The molecule has 5 rings (SSSR count). The minimum absolute atomic E-state index is 0.258. The fourth-order valence-electron chi connectivity index (χ4n) is 4.70. The minimum atomic E-state index is -3.55. The number of sulfone groups is 1. The second-order valence-corrected chi connectivity index (χ2v) is 10.1. The van der Waals surface area contributed by atoms with Gasteiger partial charge in [0.05, 0.1) is 24.4 Å². The first-order valence-electron chi connectivity index (χ1n) is 10.4. The number of hydrogen-bond acceptors (Lipinski definition) is 4. The highest BCUT2D eigenvalue weighted by molar-refractivity contribution is 7.92. The van der Waals surface area contributed by atoms with Crippen molar-refractivity contribution in [1.29, 1.82) is 0 Å². The second-order valence-electron chi connectivity index (χ2n) is 7.97. The number of aryl methyl sites for hydroxylation is 1. The van der Waals surface area contributed by atoms with E-state index in [-0.39, 0.29) is 4.90 Å². The van der Waals surface area contributed by atoms with Crippen molar-refractivity contribution in [1.82, 2.24) is 0 Å². The molecule has 1 unspecified atom stereocenters. The Kier molecular flexibility index (Phi) is 4.86. The van der Waals surface area contributed by atoms with Crippen LogP contribution in [0, 0.1) is 0 Å².